The minimum atomic E-state index is -0.812. The van der Waals surface area contributed by atoms with Gasteiger partial charge in [0.2, 0.25) is 5.95 Å². The number of hydrogen-bond acceptors (Lipinski definition) is 5. The number of nitrogens with one attached hydrogen (secondary N) is 1. The van der Waals surface area contributed by atoms with E-state index >= 15 is 0 Å². The van der Waals surface area contributed by atoms with Crippen LogP contribution in [-0.4, -0.2) is 53.1 Å². The van der Waals surface area contributed by atoms with Gasteiger partial charge >= 0.3 is 6.03 Å². The lowest BCUT2D eigenvalue weighted by molar-refractivity contribution is 0.141. The molecule has 0 spiro atoms. The zero-order valence-corrected chi connectivity index (χ0v) is 18.3. The van der Waals surface area contributed by atoms with Gasteiger partial charge < -0.3 is 15.1 Å². The van der Waals surface area contributed by atoms with Crippen molar-refractivity contribution in [2.75, 3.05) is 36.0 Å². The molecule has 3 aliphatic rings. The van der Waals surface area contributed by atoms with Gasteiger partial charge in [0, 0.05) is 24.7 Å². The molecule has 0 radical (unpaired) electrons. The van der Waals surface area contributed by atoms with E-state index in [1.54, 1.807) is 0 Å². The van der Waals surface area contributed by atoms with E-state index in [2.05, 4.69) is 25.1 Å². The molecule has 0 atom stereocenters. The number of anilines is 3. The number of halogens is 2. The highest BCUT2D eigenvalue weighted by Crippen LogP contribution is 2.36. The largest absolute Gasteiger partial charge is 0.341 e. The first-order valence-corrected chi connectivity index (χ1v) is 11.4. The number of likely N-dealkylation sites (tertiary alicyclic amines) is 1. The second-order valence-corrected chi connectivity index (χ2v) is 8.79. The van der Waals surface area contributed by atoms with Gasteiger partial charge in [-0.25, -0.2) is 23.5 Å². The highest BCUT2D eigenvalue weighted by Gasteiger charge is 2.34. The number of carbonyl (C=O) groups is 1. The van der Waals surface area contributed by atoms with Gasteiger partial charge in [-0.1, -0.05) is 12.5 Å². The Morgan fingerprint density at radius 1 is 1.00 bits per heavy atom. The number of benzene rings is 1. The lowest BCUT2D eigenvalue weighted by Gasteiger charge is -2.40. The number of nitrogens with zero attached hydrogens (tertiary/aromatic N) is 5. The molecule has 1 aromatic heterocycles. The molecule has 1 N–H and O–H groups in total. The first kappa shape index (κ1) is 21.1. The van der Waals surface area contributed by atoms with Crippen LogP contribution in [-0.2, 0) is 6.54 Å². The highest BCUT2D eigenvalue weighted by molar-refractivity contribution is 6.01. The maximum Gasteiger partial charge on any atom is 0.328 e. The number of aryl methyl sites for hydroxylation is 1. The van der Waals surface area contributed by atoms with Crippen LogP contribution in [0.1, 0.15) is 43.4 Å². The van der Waals surface area contributed by atoms with Crippen LogP contribution in [0.5, 0.6) is 0 Å². The van der Waals surface area contributed by atoms with Crippen molar-refractivity contribution in [3.63, 3.8) is 0 Å². The topological polar surface area (TPSA) is 64.6 Å². The third kappa shape index (κ3) is 3.79. The van der Waals surface area contributed by atoms with Gasteiger partial charge in [0.1, 0.15) is 17.3 Å². The summed E-state index contributed by atoms with van der Waals surface area (Å²) < 4.78 is 29.1. The van der Waals surface area contributed by atoms with E-state index < -0.39 is 23.4 Å². The molecule has 3 aliphatic heterocycles. The van der Waals surface area contributed by atoms with Crippen molar-refractivity contribution in [2.24, 2.45) is 0 Å². The SMILES string of the molecule is Cc1nc(N2CCC(N3CCCCC3)CC2)nc2c1CNC(=O)N2c1c(F)cccc1F. The van der Waals surface area contributed by atoms with Crippen molar-refractivity contribution < 1.29 is 13.6 Å². The van der Waals surface area contributed by atoms with Gasteiger partial charge in [-0.3, -0.25) is 0 Å². The fourth-order valence-corrected chi connectivity index (χ4v) is 5.06. The number of urea groups is 1. The lowest BCUT2D eigenvalue weighted by atomic mass is 10.00. The van der Waals surface area contributed by atoms with E-state index in [1.165, 1.54) is 38.4 Å². The molecule has 1 aromatic carbocycles. The van der Waals surface area contributed by atoms with Crippen molar-refractivity contribution in [3.8, 4) is 0 Å². The average Bonchev–Trinajstić information content (AvgIpc) is 2.81. The summed E-state index contributed by atoms with van der Waals surface area (Å²) in [5, 5.41) is 2.68. The van der Waals surface area contributed by atoms with Gasteiger partial charge in [0.15, 0.2) is 5.82 Å². The fraction of sp³-hybridized carbons (Fsp3) is 0.522. The first-order valence-electron chi connectivity index (χ1n) is 11.4. The quantitative estimate of drug-likeness (QED) is 0.782. The van der Waals surface area contributed by atoms with Gasteiger partial charge in [-0.05, 0) is 57.8 Å². The van der Waals surface area contributed by atoms with Gasteiger partial charge in [-0.2, -0.15) is 4.98 Å². The Labute approximate surface area is 186 Å². The Morgan fingerprint density at radius 2 is 1.69 bits per heavy atom. The van der Waals surface area contributed by atoms with Crippen molar-refractivity contribution in [1.82, 2.24) is 20.2 Å². The molecular formula is C23H28F2N6O. The molecule has 2 fully saturated rings. The first-order chi connectivity index (χ1) is 15.5. The normalized spacial score (nSPS) is 20.3. The predicted octanol–water partition coefficient (Wildman–Crippen LogP) is 3.88. The Balaban J connectivity index is 1.44. The summed E-state index contributed by atoms with van der Waals surface area (Å²) in [5.74, 6) is -0.866. The number of rotatable bonds is 3. The van der Waals surface area contributed by atoms with E-state index in [0.717, 1.165) is 43.0 Å². The van der Waals surface area contributed by atoms with Crippen molar-refractivity contribution in [3.05, 3.63) is 41.1 Å². The number of hydrogen-bond donors (Lipinski definition) is 1. The number of amides is 2. The Bertz CT molecular complexity index is 998. The number of piperidine rings is 2. The van der Waals surface area contributed by atoms with E-state index in [4.69, 9.17) is 0 Å². The summed E-state index contributed by atoms with van der Waals surface area (Å²) in [7, 11) is 0. The third-order valence-corrected chi connectivity index (χ3v) is 6.83. The van der Waals surface area contributed by atoms with E-state index in [0.29, 0.717) is 23.2 Å². The van der Waals surface area contributed by atoms with Crippen LogP contribution in [0.15, 0.2) is 18.2 Å². The van der Waals surface area contributed by atoms with Crippen molar-refractivity contribution >= 4 is 23.5 Å². The highest BCUT2D eigenvalue weighted by atomic mass is 19.1. The fourth-order valence-electron chi connectivity index (χ4n) is 5.06. The van der Waals surface area contributed by atoms with E-state index in [-0.39, 0.29) is 12.4 Å². The summed E-state index contributed by atoms with van der Waals surface area (Å²) in [6, 6.07) is 3.54. The zero-order valence-electron chi connectivity index (χ0n) is 18.3. The monoisotopic (exact) mass is 442 g/mol. The molecule has 0 aliphatic carbocycles. The van der Waals surface area contributed by atoms with Crippen LogP contribution in [0.4, 0.5) is 31.0 Å². The van der Waals surface area contributed by atoms with E-state index in [9.17, 15) is 13.6 Å². The number of carbonyl (C=O) groups excluding carboxylic acids is 1. The maximum atomic E-state index is 14.6. The van der Waals surface area contributed by atoms with Gasteiger partial charge in [0.25, 0.3) is 0 Å². The molecular weight excluding hydrogens is 414 g/mol. The average molecular weight is 443 g/mol. The van der Waals surface area contributed by atoms with Gasteiger partial charge in [0.05, 0.1) is 12.2 Å². The standard InChI is InChI=1S/C23H28F2N6O/c1-15-17-14-26-23(32)31(20-18(24)6-5-7-19(20)25)21(17)28-22(27-15)30-12-8-16(9-13-30)29-10-3-2-4-11-29/h5-7,16H,2-4,8-14H2,1H3,(H,26,32). The second-order valence-electron chi connectivity index (χ2n) is 8.79. The Morgan fingerprint density at radius 3 is 2.38 bits per heavy atom. The smallest absolute Gasteiger partial charge is 0.328 e. The number of aromatic nitrogens is 2. The minimum Gasteiger partial charge on any atom is -0.341 e. The summed E-state index contributed by atoms with van der Waals surface area (Å²) in [6.45, 7) is 6.07. The number of para-hydroxylation sites is 1. The molecule has 5 rings (SSSR count). The molecule has 0 saturated carbocycles. The summed E-state index contributed by atoms with van der Waals surface area (Å²) >= 11 is 0. The van der Waals surface area contributed by atoms with Crippen molar-refractivity contribution in [2.45, 2.75) is 51.6 Å². The lowest BCUT2D eigenvalue weighted by Crippen LogP contribution is -2.47. The Hall–Kier alpha value is -2.81. The molecule has 0 bridgehead atoms. The molecule has 2 aromatic rings. The molecule has 9 heteroatoms. The molecule has 2 amide bonds. The minimum absolute atomic E-state index is 0.226. The zero-order chi connectivity index (χ0) is 22.2. The van der Waals surface area contributed by atoms with Crippen LogP contribution in [0.2, 0.25) is 0 Å². The molecule has 170 valence electrons. The van der Waals surface area contributed by atoms with E-state index in [1.807, 2.05) is 6.92 Å². The summed E-state index contributed by atoms with van der Waals surface area (Å²) in [4.78, 5) is 27.7. The molecule has 7 nitrogen and oxygen atoms in total. The van der Waals surface area contributed by atoms with Crippen molar-refractivity contribution in [1.29, 1.82) is 0 Å². The van der Waals surface area contributed by atoms with Crippen LogP contribution in [0, 0.1) is 18.6 Å². The Kier molecular flexibility index (Phi) is 5.67. The predicted molar refractivity (Wildman–Crippen MR) is 118 cm³/mol. The molecule has 4 heterocycles. The molecule has 2 saturated heterocycles. The third-order valence-electron chi connectivity index (χ3n) is 6.83. The maximum absolute atomic E-state index is 14.6. The van der Waals surface area contributed by atoms with Crippen LogP contribution in [0.25, 0.3) is 0 Å². The second kappa shape index (κ2) is 8.61. The number of fused-ring (bicyclic) bond motifs is 1. The van der Waals surface area contributed by atoms with Crippen LogP contribution in [0.3, 0.4) is 0 Å². The summed E-state index contributed by atoms with van der Waals surface area (Å²) in [6.07, 6.45) is 5.94. The molecule has 32 heavy (non-hydrogen) atoms. The van der Waals surface area contributed by atoms with Gasteiger partial charge in [-0.15, -0.1) is 0 Å². The molecule has 0 unspecified atom stereocenters. The van der Waals surface area contributed by atoms with Crippen LogP contribution < -0.4 is 15.1 Å². The van der Waals surface area contributed by atoms with Crippen LogP contribution >= 0.6 is 0 Å². The summed E-state index contributed by atoms with van der Waals surface area (Å²) in [5.41, 5.74) is 0.947.